The highest BCUT2D eigenvalue weighted by Crippen LogP contribution is 2.21. The van der Waals surface area contributed by atoms with E-state index in [2.05, 4.69) is 5.32 Å². The van der Waals surface area contributed by atoms with Crippen LogP contribution in [0.15, 0.2) is 53.4 Å². The number of aliphatic hydroxyl groups is 1. The van der Waals surface area contributed by atoms with Crippen molar-refractivity contribution in [3.8, 4) is 5.75 Å². The highest BCUT2D eigenvalue weighted by molar-refractivity contribution is 7.89. The molecule has 0 aliphatic carbocycles. The summed E-state index contributed by atoms with van der Waals surface area (Å²) in [4.78, 5) is 26.9. The van der Waals surface area contributed by atoms with Gasteiger partial charge in [-0.3, -0.25) is 9.59 Å². The maximum absolute atomic E-state index is 13.3. The smallest absolute Gasteiger partial charge is 0.261 e. The molecule has 12 heteroatoms. The predicted octanol–water partition coefficient (Wildman–Crippen LogP) is 0.751. The van der Waals surface area contributed by atoms with Crippen LogP contribution in [-0.4, -0.2) is 86.6 Å². The van der Waals surface area contributed by atoms with Gasteiger partial charge in [-0.2, -0.15) is 4.31 Å². The Morgan fingerprint density at radius 2 is 1.78 bits per heavy atom. The van der Waals surface area contributed by atoms with Gasteiger partial charge < -0.3 is 24.8 Å². The molecule has 0 aromatic heterocycles. The number of aliphatic hydroxyl groups excluding tert-OH is 1. The van der Waals surface area contributed by atoms with E-state index in [-0.39, 0.29) is 43.4 Å². The summed E-state index contributed by atoms with van der Waals surface area (Å²) >= 11 is 0. The summed E-state index contributed by atoms with van der Waals surface area (Å²) in [6.07, 6.45) is 0. The van der Waals surface area contributed by atoms with Gasteiger partial charge in [0.05, 0.1) is 24.7 Å². The van der Waals surface area contributed by atoms with Crippen molar-refractivity contribution in [3.63, 3.8) is 0 Å². The minimum absolute atomic E-state index is 0.0346. The normalized spacial score (nSPS) is 15.2. The molecule has 0 saturated carbocycles. The molecule has 3 rings (SSSR count). The zero-order chi connectivity index (χ0) is 26.1. The Bertz CT molecular complexity index is 1120. The molecular weight excluding hydrogens is 493 g/mol. The van der Waals surface area contributed by atoms with Crippen molar-refractivity contribution in [3.05, 3.63) is 59.9 Å². The van der Waals surface area contributed by atoms with Crippen molar-refractivity contribution in [1.29, 1.82) is 0 Å². The lowest BCUT2D eigenvalue weighted by Gasteiger charge is -2.28. The Kier molecular flexibility index (Phi) is 9.76. The topological polar surface area (TPSA) is 125 Å². The summed E-state index contributed by atoms with van der Waals surface area (Å²) in [5, 5.41) is 11.5. The highest BCUT2D eigenvalue weighted by atomic mass is 32.2. The van der Waals surface area contributed by atoms with Gasteiger partial charge in [0.1, 0.15) is 17.6 Å². The van der Waals surface area contributed by atoms with E-state index in [9.17, 15) is 22.4 Å². The number of carbonyl (C=O) groups excluding carboxylic acids is 2. The molecule has 1 fully saturated rings. The number of nitrogens with zero attached hydrogens (tertiary/aromatic N) is 2. The minimum Gasteiger partial charge on any atom is -0.484 e. The SMILES string of the molecule is CC(C(=O)NCCO)N(Cc1ccc(F)cc1)C(=O)COc1ccc(S(=O)(=O)N2CCOCC2)cc1. The number of rotatable bonds is 11. The predicted molar refractivity (Wildman–Crippen MR) is 128 cm³/mol. The number of hydrogen-bond acceptors (Lipinski definition) is 7. The zero-order valence-corrected chi connectivity index (χ0v) is 20.7. The van der Waals surface area contributed by atoms with Crippen molar-refractivity contribution in [1.82, 2.24) is 14.5 Å². The van der Waals surface area contributed by atoms with Gasteiger partial charge in [0.2, 0.25) is 15.9 Å². The second-order valence-electron chi connectivity index (χ2n) is 8.12. The molecule has 2 amide bonds. The van der Waals surface area contributed by atoms with Crippen LogP contribution in [0.1, 0.15) is 12.5 Å². The lowest BCUT2D eigenvalue weighted by atomic mass is 10.1. The van der Waals surface area contributed by atoms with Crippen LogP contribution >= 0.6 is 0 Å². The molecule has 0 bridgehead atoms. The molecule has 196 valence electrons. The molecule has 1 saturated heterocycles. The fourth-order valence-corrected chi connectivity index (χ4v) is 4.98. The van der Waals surface area contributed by atoms with Crippen LogP contribution in [0.4, 0.5) is 4.39 Å². The second kappa shape index (κ2) is 12.8. The number of sulfonamides is 1. The molecule has 1 aliphatic heterocycles. The maximum atomic E-state index is 13.3. The number of nitrogens with one attached hydrogen (secondary N) is 1. The summed E-state index contributed by atoms with van der Waals surface area (Å²) in [6.45, 7) is 2.20. The zero-order valence-electron chi connectivity index (χ0n) is 19.9. The molecule has 2 N–H and O–H groups in total. The largest absolute Gasteiger partial charge is 0.484 e. The van der Waals surface area contributed by atoms with Gasteiger partial charge in [0.25, 0.3) is 5.91 Å². The van der Waals surface area contributed by atoms with Crippen LogP contribution in [0.25, 0.3) is 0 Å². The van der Waals surface area contributed by atoms with Gasteiger partial charge in [-0.15, -0.1) is 0 Å². The third-order valence-electron chi connectivity index (χ3n) is 5.64. The van der Waals surface area contributed by atoms with E-state index in [0.717, 1.165) is 0 Å². The number of carbonyl (C=O) groups is 2. The number of ether oxygens (including phenoxy) is 2. The first kappa shape index (κ1) is 27.5. The van der Waals surface area contributed by atoms with Crippen molar-refractivity contribution in [2.24, 2.45) is 0 Å². The van der Waals surface area contributed by atoms with E-state index in [4.69, 9.17) is 14.6 Å². The van der Waals surface area contributed by atoms with E-state index in [1.165, 1.54) is 57.7 Å². The van der Waals surface area contributed by atoms with Gasteiger partial charge in [-0.1, -0.05) is 12.1 Å². The van der Waals surface area contributed by atoms with Gasteiger partial charge in [0, 0.05) is 26.2 Å². The first-order chi connectivity index (χ1) is 17.2. The lowest BCUT2D eigenvalue weighted by Crippen LogP contribution is -2.49. The van der Waals surface area contributed by atoms with Crippen molar-refractivity contribution in [2.75, 3.05) is 46.1 Å². The van der Waals surface area contributed by atoms with E-state index in [0.29, 0.717) is 18.8 Å². The summed E-state index contributed by atoms with van der Waals surface area (Å²) in [6, 6.07) is 10.4. The van der Waals surface area contributed by atoms with Gasteiger partial charge >= 0.3 is 0 Å². The molecule has 0 radical (unpaired) electrons. The molecule has 1 unspecified atom stereocenters. The first-order valence-electron chi connectivity index (χ1n) is 11.5. The number of halogens is 1. The number of hydrogen-bond donors (Lipinski definition) is 2. The van der Waals surface area contributed by atoms with Crippen molar-refractivity contribution >= 4 is 21.8 Å². The quantitative estimate of drug-likeness (QED) is 0.445. The van der Waals surface area contributed by atoms with Gasteiger partial charge in [-0.25, -0.2) is 12.8 Å². The molecule has 2 aromatic rings. The Hall–Kier alpha value is -3.06. The Morgan fingerprint density at radius 1 is 1.14 bits per heavy atom. The Morgan fingerprint density at radius 3 is 2.39 bits per heavy atom. The number of benzene rings is 2. The number of amides is 2. The van der Waals surface area contributed by atoms with Crippen LogP contribution in [0.3, 0.4) is 0 Å². The molecule has 0 spiro atoms. The monoisotopic (exact) mass is 523 g/mol. The lowest BCUT2D eigenvalue weighted by molar-refractivity contribution is -0.142. The first-order valence-corrected chi connectivity index (χ1v) is 12.9. The fraction of sp³-hybridized carbons (Fsp3) is 0.417. The van der Waals surface area contributed by atoms with E-state index < -0.39 is 40.3 Å². The Labute approximate surface area is 209 Å². The highest BCUT2D eigenvalue weighted by Gasteiger charge is 2.28. The molecule has 1 aliphatic rings. The van der Waals surface area contributed by atoms with E-state index in [1.54, 1.807) is 6.92 Å². The van der Waals surface area contributed by atoms with Crippen LogP contribution in [0.2, 0.25) is 0 Å². The fourth-order valence-electron chi connectivity index (χ4n) is 3.57. The second-order valence-corrected chi connectivity index (χ2v) is 10.1. The van der Waals surface area contributed by atoms with Gasteiger partial charge in [-0.05, 0) is 48.9 Å². The molecule has 36 heavy (non-hydrogen) atoms. The van der Waals surface area contributed by atoms with Gasteiger partial charge in [0.15, 0.2) is 6.61 Å². The van der Waals surface area contributed by atoms with E-state index in [1.807, 2.05) is 0 Å². The summed E-state index contributed by atoms with van der Waals surface area (Å²) in [5.74, 6) is -1.11. The average Bonchev–Trinajstić information content (AvgIpc) is 2.90. The maximum Gasteiger partial charge on any atom is 0.261 e. The average molecular weight is 524 g/mol. The molecule has 1 heterocycles. The van der Waals surface area contributed by atoms with Crippen LogP contribution in [0.5, 0.6) is 5.75 Å². The summed E-state index contributed by atoms with van der Waals surface area (Å²) < 4.78 is 50.9. The van der Waals surface area contributed by atoms with Crippen LogP contribution in [0, 0.1) is 5.82 Å². The van der Waals surface area contributed by atoms with Crippen LogP contribution < -0.4 is 10.1 Å². The minimum atomic E-state index is -3.66. The summed E-state index contributed by atoms with van der Waals surface area (Å²) in [7, 11) is -3.66. The Balaban J connectivity index is 1.67. The molecule has 10 nitrogen and oxygen atoms in total. The molecular formula is C24H30FN3O7S. The van der Waals surface area contributed by atoms with E-state index >= 15 is 0 Å². The van der Waals surface area contributed by atoms with Crippen molar-refractivity contribution < 1.29 is 37.0 Å². The summed E-state index contributed by atoms with van der Waals surface area (Å²) in [5.41, 5.74) is 0.615. The van der Waals surface area contributed by atoms with Crippen LogP contribution in [-0.2, 0) is 30.9 Å². The number of morpholine rings is 1. The third-order valence-corrected chi connectivity index (χ3v) is 7.55. The third kappa shape index (κ3) is 7.23. The standard InChI is InChI=1S/C24H30FN3O7S/c1-18(24(31)26-10-13-29)28(16-19-2-4-20(25)5-3-19)23(30)17-35-21-6-8-22(9-7-21)36(32,33)27-11-14-34-15-12-27/h2-9,18,29H,10-17H2,1H3,(H,26,31). The molecule has 2 aromatic carbocycles. The molecule has 1 atom stereocenters. The van der Waals surface area contributed by atoms with Crippen molar-refractivity contribution in [2.45, 2.75) is 24.4 Å².